The molecule has 0 amide bonds. The van der Waals surface area contributed by atoms with Crippen LogP contribution >= 0.6 is 0 Å². The van der Waals surface area contributed by atoms with Crippen molar-refractivity contribution >= 4 is 43.5 Å². The maximum atomic E-state index is 10.3. The number of pyridine rings is 3. The van der Waals surface area contributed by atoms with E-state index in [1.165, 1.54) is 153 Å². The maximum Gasteiger partial charge on any atom is 0.0577 e. The Morgan fingerprint density at radius 3 is 1.41 bits per heavy atom. The van der Waals surface area contributed by atoms with Crippen molar-refractivity contribution in [1.29, 1.82) is 0 Å². The molecule has 12 aliphatic rings. The molecule has 8 saturated carbocycles. The molecule has 6 nitrogen and oxygen atoms in total. The van der Waals surface area contributed by atoms with Gasteiger partial charge in [0, 0.05) is 53.3 Å². The van der Waals surface area contributed by atoms with Crippen molar-refractivity contribution in [2.24, 2.45) is 91.7 Å². The SMILES string of the molecule is C[C@]12CC[C@@H](O)CC1=CC[C@@H]1[C@@H]2CC[C@]2(C)C(c3ccc4cnccc4c3)=CC[C@@H]12.C[C@]12CC[C@@H](O)C[C@@H]1CC[C@@H]1[C@@H]2CC[C@]2(C)C(c3ccc4cnccc4c3)=CC[C@@H]12.C[C@]12CC[C@H]3[C@@H](CC=C4C[C@H](O)CC[C@@]43C)[C@@H]1CC[C@@H]2c1ccc2cnccc2c1. The zero-order valence-corrected chi connectivity index (χ0v) is 55.2. The van der Waals surface area contributed by atoms with E-state index in [0.717, 1.165) is 97.7 Å². The van der Waals surface area contributed by atoms with Gasteiger partial charge in [-0.1, -0.05) is 119 Å². The molecule has 0 radical (unpaired) electrons. The van der Waals surface area contributed by atoms with Crippen LogP contribution in [0.25, 0.3) is 43.5 Å². The van der Waals surface area contributed by atoms with Crippen LogP contribution in [0.1, 0.15) is 212 Å². The van der Waals surface area contributed by atoms with E-state index in [2.05, 4.69) is 154 Å². The van der Waals surface area contributed by atoms with Crippen LogP contribution in [0.4, 0.5) is 0 Å². The number of aliphatic hydroxyl groups excluding tert-OH is 3. The molecular formula is C84H103N3O3. The molecule has 6 aromatic rings. The highest BCUT2D eigenvalue weighted by molar-refractivity contribution is 5.88. The van der Waals surface area contributed by atoms with Gasteiger partial charge in [0.25, 0.3) is 0 Å². The molecule has 90 heavy (non-hydrogen) atoms. The summed E-state index contributed by atoms with van der Waals surface area (Å²) < 4.78 is 0. The van der Waals surface area contributed by atoms with Gasteiger partial charge in [0.05, 0.1) is 18.3 Å². The van der Waals surface area contributed by atoms with Crippen molar-refractivity contribution in [2.75, 3.05) is 0 Å². The number of benzene rings is 3. The van der Waals surface area contributed by atoms with E-state index in [4.69, 9.17) is 0 Å². The lowest BCUT2D eigenvalue weighted by molar-refractivity contribution is -0.115. The third-order valence-corrected chi connectivity index (χ3v) is 29.9. The second-order valence-corrected chi connectivity index (χ2v) is 33.5. The molecule has 6 heteroatoms. The molecule has 8 fully saturated rings. The molecule has 3 aromatic carbocycles. The van der Waals surface area contributed by atoms with Crippen LogP contribution in [0.2, 0.25) is 0 Å². The number of allylic oxidation sites excluding steroid dienone is 6. The lowest BCUT2D eigenvalue weighted by Gasteiger charge is -2.60. The molecule has 0 saturated heterocycles. The fourth-order valence-electron chi connectivity index (χ4n) is 24.9. The van der Waals surface area contributed by atoms with E-state index in [-0.39, 0.29) is 23.7 Å². The molecule has 0 unspecified atom stereocenters. The molecular weight excluding hydrogens is 1100 g/mol. The van der Waals surface area contributed by atoms with Gasteiger partial charge in [-0.05, 0) is 320 Å². The highest BCUT2D eigenvalue weighted by Gasteiger charge is 2.62. The zero-order chi connectivity index (χ0) is 61.5. The number of rotatable bonds is 3. The van der Waals surface area contributed by atoms with Gasteiger partial charge in [0.15, 0.2) is 0 Å². The highest BCUT2D eigenvalue weighted by atomic mass is 16.3. The van der Waals surface area contributed by atoms with Gasteiger partial charge in [0.2, 0.25) is 0 Å². The first-order valence-corrected chi connectivity index (χ1v) is 36.3. The fourth-order valence-corrected chi connectivity index (χ4v) is 24.9. The summed E-state index contributed by atoms with van der Waals surface area (Å²) in [5.41, 5.74) is 12.9. The molecule has 472 valence electrons. The summed E-state index contributed by atoms with van der Waals surface area (Å²) in [6, 6.07) is 27.5. The Labute approximate surface area is 538 Å². The summed E-state index contributed by atoms with van der Waals surface area (Å²) in [5, 5.41) is 38.4. The smallest absolute Gasteiger partial charge is 0.0577 e. The van der Waals surface area contributed by atoms with Gasteiger partial charge < -0.3 is 15.3 Å². The Kier molecular flexibility index (Phi) is 14.9. The molecule has 3 aromatic heterocycles. The first kappa shape index (κ1) is 59.7. The van der Waals surface area contributed by atoms with Crippen molar-refractivity contribution in [3.63, 3.8) is 0 Å². The Hall–Kier alpha value is -5.27. The van der Waals surface area contributed by atoms with Gasteiger partial charge >= 0.3 is 0 Å². The lowest BCUT2D eigenvalue weighted by atomic mass is 9.44. The van der Waals surface area contributed by atoms with Crippen LogP contribution in [0, 0.1) is 91.7 Å². The molecule has 0 bridgehead atoms. The molecule has 18 rings (SSSR count). The second-order valence-electron chi connectivity index (χ2n) is 33.5. The Balaban J connectivity index is 0.000000108. The van der Waals surface area contributed by atoms with Crippen molar-refractivity contribution in [3.05, 3.63) is 162 Å². The van der Waals surface area contributed by atoms with Crippen LogP contribution in [0.3, 0.4) is 0 Å². The molecule has 0 spiro atoms. The van der Waals surface area contributed by atoms with E-state index >= 15 is 0 Å². The van der Waals surface area contributed by atoms with Crippen molar-refractivity contribution in [2.45, 2.75) is 213 Å². The zero-order valence-electron chi connectivity index (χ0n) is 55.2. The van der Waals surface area contributed by atoms with Crippen LogP contribution < -0.4 is 0 Å². The van der Waals surface area contributed by atoms with Crippen molar-refractivity contribution in [3.8, 4) is 0 Å². The summed E-state index contributed by atoms with van der Waals surface area (Å²) in [5.74, 6) is 8.77. The highest BCUT2D eigenvalue weighted by Crippen LogP contribution is 2.71. The van der Waals surface area contributed by atoms with E-state index < -0.39 is 0 Å². The van der Waals surface area contributed by atoms with E-state index in [9.17, 15) is 15.3 Å². The summed E-state index contributed by atoms with van der Waals surface area (Å²) in [7, 11) is 0. The van der Waals surface area contributed by atoms with Gasteiger partial charge in [-0.3, -0.25) is 15.0 Å². The van der Waals surface area contributed by atoms with E-state index in [1.807, 2.05) is 37.2 Å². The minimum atomic E-state index is -0.113. The molecule has 3 N–H and O–H groups in total. The van der Waals surface area contributed by atoms with E-state index in [1.54, 1.807) is 27.9 Å². The Morgan fingerprint density at radius 1 is 0.367 bits per heavy atom. The fraction of sp³-hybridized carbons (Fsp3) is 0.583. The largest absolute Gasteiger partial charge is 0.393 e. The third kappa shape index (κ3) is 9.54. The third-order valence-electron chi connectivity index (χ3n) is 29.9. The molecule has 0 aliphatic heterocycles. The maximum absolute atomic E-state index is 10.3. The monoisotopic (exact) mass is 1200 g/mol. The average Bonchev–Trinajstić information content (AvgIpc) is 1.41. The predicted molar refractivity (Wildman–Crippen MR) is 368 cm³/mol. The predicted octanol–water partition coefficient (Wildman–Crippen LogP) is 19.8. The van der Waals surface area contributed by atoms with Crippen LogP contribution in [0.5, 0.6) is 0 Å². The minimum Gasteiger partial charge on any atom is -0.393 e. The number of nitrogens with zero attached hydrogens (tertiary/aromatic N) is 3. The number of hydrogen-bond acceptors (Lipinski definition) is 6. The normalized spacial score (nSPS) is 42.0. The quantitative estimate of drug-likeness (QED) is 0.153. The molecule has 20 atom stereocenters. The topological polar surface area (TPSA) is 99.4 Å². The Morgan fingerprint density at radius 2 is 0.833 bits per heavy atom. The summed E-state index contributed by atoms with van der Waals surface area (Å²) in [6.07, 6.45) is 49.6. The van der Waals surface area contributed by atoms with Gasteiger partial charge in [-0.15, -0.1) is 0 Å². The summed E-state index contributed by atoms with van der Waals surface area (Å²) in [6.45, 7) is 15.4. The van der Waals surface area contributed by atoms with Crippen LogP contribution in [-0.2, 0) is 0 Å². The van der Waals surface area contributed by atoms with Gasteiger partial charge in [-0.25, -0.2) is 0 Å². The van der Waals surface area contributed by atoms with Crippen LogP contribution in [0.15, 0.2) is 145 Å². The van der Waals surface area contributed by atoms with Gasteiger partial charge in [0.1, 0.15) is 0 Å². The van der Waals surface area contributed by atoms with Crippen LogP contribution in [-0.4, -0.2) is 48.6 Å². The van der Waals surface area contributed by atoms with Crippen molar-refractivity contribution in [1.82, 2.24) is 15.0 Å². The van der Waals surface area contributed by atoms with E-state index in [0.29, 0.717) is 33.0 Å². The van der Waals surface area contributed by atoms with Gasteiger partial charge in [-0.2, -0.15) is 0 Å². The average molecular weight is 1200 g/mol. The summed E-state index contributed by atoms with van der Waals surface area (Å²) >= 11 is 0. The molecule has 12 aliphatic carbocycles. The Bertz CT molecular complexity index is 3830. The number of hydrogen-bond donors (Lipinski definition) is 3. The van der Waals surface area contributed by atoms with Crippen molar-refractivity contribution < 1.29 is 15.3 Å². The second kappa shape index (κ2) is 22.5. The first-order valence-electron chi connectivity index (χ1n) is 36.3. The minimum absolute atomic E-state index is 0.0451. The number of aliphatic hydroxyl groups is 3. The molecule has 3 heterocycles. The number of aromatic nitrogens is 3. The lowest BCUT2D eigenvalue weighted by Crippen LogP contribution is -2.53. The number of fused-ring (bicyclic) bond motifs is 18. The first-order chi connectivity index (χ1) is 43.5. The summed E-state index contributed by atoms with van der Waals surface area (Å²) in [4.78, 5) is 12.8. The standard InChI is InChI=1S/2C28H35NO.C28H33NO/c3*1-27-12-9-22(30)16-21(27)5-6-23-25-8-7-24(28(25,2)13-10-26(23)27)19-3-4-20-17-29-14-11-18(20)15-19/h3-4,7,11,14-15,17,21-23,25-26,30H,5-6,8-10,12-13,16H2,1-2H3;3-5,11,14-15,17,22-26,30H,6-10,12-13,16H2,1-2H3;3-5,7,11,14-15,17,22-23,25-26,30H,6,8-10,12-13,16H2,1-2H3/t21-,22+,23-,25-,26-,27-,28+;22-,23+,24-,25+,26+,27+,28-;22-,23+,25+,26+,27+,28-/m011/s1.